The van der Waals surface area contributed by atoms with Gasteiger partial charge < -0.3 is 5.32 Å². The number of hydrogen-bond acceptors (Lipinski definition) is 4. The van der Waals surface area contributed by atoms with Crippen LogP contribution in [0.25, 0.3) is 0 Å². The highest BCUT2D eigenvalue weighted by atomic mass is 16.1. The van der Waals surface area contributed by atoms with Crippen LogP contribution in [0.4, 0.5) is 5.82 Å². The molecule has 1 aromatic heterocycles. The number of hydrogen-bond donors (Lipinski definition) is 1. The Morgan fingerprint density at radius 3 is 3.30 bits per heavy atom. The molecule has 0 saturated heterocycles. The normalized spacial score (nSPS) is 14.6. The minimum Gasteiger partial charge on any atom is -0.307 e. The van der Waals surface area contributed by atoms with Crippen LogP contribution in [0, 0.1) is 0 Å². The van der Waals surface area contributed by atoms with Gasteiger partial charge in [0, 0.05) is 0 Å². The van der Waals surface area contributed by atoms with Crippen LogP contribution in [0.1, 0.15) is 5.69 Å². The fourth-order valence-electron chi connectivity index (χ4n) is 0.853. The molecule has 0 spiro atoms. The molecule has 0 atom stereocenters. The highest BCUT2D eigenvalue weighted by Crippen LogP contribution is 2.14. The molecule has 1 aromatic rings. The third-order valence-electron chi connectivity index (χ3n) is 1.28. The van der Waals surface area contributed by atoms with Crippen molar-refractivity contribution < 1.29 is 4.79 Å². The van der Waals surface area contributed by atoms with Crippen LogP contribution in [-0.4, -0.2) is 21.1 Å². The van der Waals surface area contributed by atoms with Gasteiger partial charge in [-0.3, -0.25) is 4.79 Å². The number of nitrogens with zero attached hydrogens (tertiary/aromatic N) is 3. The van der Waals surface area contributed by atoms with Crippen molar-refractivity contribution in [3.8, 4) is 0 Å². The van der Waals surface area contributed by atoms with Crippen LogP contribution in [0.15, 0.2) is 6.33 Å². The van der Waals surface area contributed by atoms with Gasteiger partial charge in [0.05, 0.1) is 12.1 Å². The van der Waals surface area contributed by atoms with Crippen LogP contribution >= 0.6 is 0 Å². The molecule has 1 aliphatic heterocycles. The van der Waals surface area contributed by atoms with E-state index in [0.29, 0.717) is 17.9 Å². The molecule has 0 aliphatic carbocycles. The van der Waals surface area contributed by atoms with Crippen LogP contribution in [0.2, 0.25) is 0 Å². The number of aromatic nitrogens is 3. The summed E-state index contributed by atoms with van der Waals surface area (Å²) >= 11 is 0. The summed E-state index contributed by atoms with van der Waals surface area (Å²) in [4.78, 5) is 14.5. The highest BCUT2D eigenvalue weighted by Gasteiger charge is 2.19. The Morgan fingerprint density at radius 2 is 2.50 bits per heavy atom. The van der Waals surface area contributed by atoms with Gasteiger partial charge in [-0.05, 0) is 0 Å². The smallest absolute Gasteiger partial charge is 0.231 e. The van der Waals surface area contributed by atoms with Crippen molar-refractivity contribution in [2.45, 2.75) is 6.42 Å². The molecule has 1 amide bonds. The first-order valence-corrected chi connectivity index (χ1v) is 2.82. The number of carbonyl (C=O) groups excluding carboxylic acids is 1. The molecule has 0 fully saturated rings. The largest absolute Gasteiger partial charge is 0.307 e. The lowest BCUT2D eigenvalue weighted by atomic mass is 10.4. The molecule has 5 nitrogen and oxygen atoms in total. The number of rotatable bonds is 0. The second-order valence-corrected chi connectivity index (χ2v) is 1.98. The molecule has 0 saturated carbocycles. The first kappa shape index (κ1) is 5.28. The van der Waals surface area contributed by atoms with Crippen LogP contribution in [0.5, 0.6) is 0 Å². The summed E-state index contributed by atoms with van der Waals surface area (Å²) in [7, 11) is 0. The molecular formula is C5H4N4O. The van der Waals surface area contributed by atoms with Crippen molar-refractivity contribution in [1.82, 2.24) is 15.2 Å². The number of carbonyl (C=O) groups is 1. The van der Waals surface area contributed by atoms with Crippen LogP contribution in [0.3, 0.4) is 0 Å². The zero-order chi connectivity index (χ0) is 6.97. The minimum absolute atomic E-state index is 0.0667. The molecule has 1 aliphatic rings. The predicted octanol–water partition coefficient (Wildman–Crippen LogP) is -0.634. The van der Waals surface area contributed by atoms with E-state index in [-0.39, 0.29) is 5.91 Å². The lowest BCUT2D eigenvalue weighted by Crippen LogP contribution is -2.04. The van der Waals surface area contributed by atoms with Gasteiger partial charge in [0.2, 0.25) is 5.91 Å². The summed E-state index contributed by atoms with van der Waals surface area (Å²) in [5.41, 5.74) is 0.681. The number of fused-ring (bicyclic) bond motifs is 1. The van der Waals surface area contributed by atoms with Crippen molar-refractivity contribution in [3.63, 3.8) is 0 Å². The summed E-state index contributed by atoms with van der Waals surface area (Å²) in [5, 5.41) is 9.70. The van der Waals surface area contributed by atoms with E-state index < -0.39 is 0 Å². The number of nitrogens with one attached hydrogen (secondary N) is 1. The number of anilines is 1. The van der Waals surface area contributed by atoms with Crippen LogP contribution < -0.4 is 5.32 Å². The molecule has 0 radical (unpaired) electrons. The lowest BCUT2D eigenvalue weighted by Gasteiger charge is -1.89. The Balaban J connectivity index is 2.51. The maximum Gasteiger partial charge on any atom is 0.231 e. The van der Waals surface area contributed by atoms with E-state index in [1.165, 1.54) is 6.33 Å². The second-order valence-electron chi connectivity index (χ2n) is 1.98. The van der Waals surface area contributed by atoms with Crippen molar-refractivity contribution >= 4 is 11.7 Å². The summed E-state index contributed by atoms with van der Waals surface area (Å²) in [6.07, 6.45) is 1.66. The average Bonchev–Trinajstić information content (AvgIpc) is 2.27. The summed E-state index contributed by atoms with van der Waals surface area (Å²) in [6.45, 7) is 0. The summed E-state index contributed by atoms with van der Waals surface area (Å²) in [6, 6.07) is 0. The van der Waals surface area contributed by atoms with E-state index in [1.807, 2.05) is 0 Å². The van der Waals surface area contributed by atoms with Crippen molar-refractivity contribution in [2.75, 3.05) is 5.32 Å². The predicted molar refractivity (Wildman–Crippen MR) is 32.2 cm³/mol. The molecular weight excluding hydrogens is 132 g/mol. The Labute approximate surface area is 56.5 Å². The van der Waals surface area contributed by atoms with E-state index in [1.54, 1.807) is 0 Å². The first-order valence-electron chi connectivity index (χ1n) is 2.82. The van der Waals surface area contributed by atoms with Gasteiger partial charge in [0.1, 0.15) is 6.33 Å². The minimum atomic E-state index is -0.0667. The molecule has 2 heterocycles. The third kappa shape index (κ3) is 0.637. The SMILES string of the molecule is O=C1Cc2ncnnc2N1. The van der Waals surface area contributed by atoms with Gasteiger partial charge in [-0.1, -0.05) is 0 Å². The molecule has 0 bridgehead atoms. The zero-order valence-electron chi connectivity index (χ0n) is 5.03. The lowest BCUT2D eigenvalue weighted by molar-refractivity contribution is -0.115. The van der Waals surface area contributed by atoms with Gasteiger partial charge in [0.25, 0.3) is 0 Å². The standard InChI is InChI=1S/C5H4N4O/c10-4-1-3-5(8-4)9-7-2-6-3/h2H,1H2,(H,8,9,10). The van der Waals surface area contributed by atoms with Gasteiger partial charge >= 0.3 is 0 Å². The maximum atomic E-state index is 10.7. The van der Waals surface area contributed by atoms with Gasteiger partial charge in [-0.25, -0.2) is 4.98 Å². The molecule has 5 heteroatoms. The maximum absolute atomic E-state index is 10.7. The van der Waals surface area contributed by atoms with E-state index in [4.69, 9.17) is 0 Å². The van der Waals surface area contributed by atoms with E-state index in [0.717, 1.165) is 0 Å². The molecule has 10 heavy (non-hydrogen) atoms. The fraction of sp³-hybridized carbons (Fsp3) is 0.200. The first-order chi connectivity index (χ1) is 4.86. The van der Waals surface area contributed by atoms with Gasteiger partial charge in [-0.2, -0.15) is 0 Å². The Morgan fingerprint density at radius 1 is 1.60 bits per heavy atom. The molecule has 1 N–H and O–H groups in total. The summed E-state index contributed by atoms with van der Waals surface area (Å²) in [5.74, 6) is 0.426. The van der Waals surface area contributed by atoms with E-state index in [9.17, 15) is 4.79 Å². The topological polar surface area (TPSA) is 67.8 Å². The second kappa shape index (κ2) is 1.73. The Hall–Kier alpha value is -1.52. The Bertz CT molecular complexity index is 258. The van der Waals surface area contributed by atoms with E-state index in [2.05, 4.69) is 20.5 Å². The molecule has 0 unspecified atom stereocenters. The van der Waals surface area contributed by atoms with Crippen molar-refractivity contribution in [3.05, 3.63) is 12.0 Å². The highest BCUT2D eigenvalue weighted by molar-refractivity contribution is 5.96. The van der Waals surface area contributed by atoms with Gasteiger partial charge in [0.15, 0.2) is 5.82 Å². The van der Waals surface area contributed by atoms with Crippen molar-refractivity contribution in [1.29, 1.82) is 0 Å². The fourth-order valence-corrected chi connectivity index (χ4v) is 0.853. The van der Waals surface area contributed by atoms with E-state index >= 15 is 0 Å². The van der Waals surface area contributed by atoms with Crippen LogP contribution in [-0.2, 0) is 11.2 Å². The zero-order valence-corrected chi connectivity index (χ0v) is 5.03. The third-order valence-corrected chi connectivity index (χ3v) is 1.28. The van der Waals surface area contributed by atoms with Gasteiger partial charge in [-0.15, -0.1) is 10.2 Å². The average molecular weight is 136 g/mol. The number of amides is 1. The monoisotopic (exact) mass is 136 g/mol. The van der Waals surface area contributed by atoms with Crippen molar-refractivity contribution in [2.24, 2.45) is 0 Å². The molecule has 2 rings (SSSR count). The molecule has 50 valence electrons. The Kier molecular flexibility index (Phi) is 0.913. The summed E-state index contributed by atoms with van der Waals surface area (Å²) < 4.78 is 0. The quantitative estimate of drug-likeness (QED) is 0.515. The molecule has 0 aromatic carbocycles.